The average Bonchev–Trinajstić information content (AvgIpc) is 2.55. The third kappa shape index (κ3) is 6.14. The van der Waals surface area contributed by atoms with Gasteiger partial charge in [-0.05, 0) is 44.0 Å². The summed E-state index contributed by atoms with van der Waals surface area (Å²) in [6, 6.07) is 5.31. The van der Waals surface area contributed by atoms with E-state index in [1.165, 1.54) is 7.11 Å². The number of hydrogen-bond acceptors (Lipinski definition) is 6. The van der Waals surface area contributed by atoms with Crippen molar-refractivity contribution in [3.05, 3.63) is 34.9 Å². The number of carbonyl (C=O) groups excluding carboxylic acids is 2. The second-order valence-corrected chi connectivity index (χ2v) is 7.13. The van der Waals surface area contributed by atoms with Crippen LogP contribution in [0.25, 0.3) is 0 Å². The van der Waals surface area contributed by atoms with Crippen LogP contribution in [0, 0.1) is 0 Å². The van der Waals surface area contributed by atoms with Crippen LogP contribution in [-0.2, 0) is 32.0 Å². The number of hydrogen-bond donors (Lipinski definition) is 0. The van der Waals surface area contributed by atoms with Crippen LogP contribution in [0.15, 0.2) is 18.2 Å². The average molecular weight is 349 g/mol. The monoisotopic (exact) mass is 349 g/mol. The summed E-state index contributed by atoms with van der Waals surface area (Å²) in [6.07, 6.45) is 0.179. The van der Waals surface area contributed by atoms with Crippen molar-refractivity contribution in [2.45, 2.75) is 39.3 Å². The summed E-state index contributed by atoms with van der Waals surface area (Å²) < 4.78 is 15.6. The van der Waals surface area contributed by atoms with Gasteiger partial charge in [0.05, 0.1) is 32.3 Å². The van der Waals surface area contributed by atoms with Crippen molar-refractivity contribution < 1.29 is 23.8 Å². The Labute approximate surface area is 149 Å². The van der Waals surface area contributed by atoms with Gasteiger partial charge in [0, 0.05) is 19.6 Å². The molecule has 0 radical (unpaired) electrons. The third-order valence-electron chi connectivity index (χ3n) is 3.88. The highest BCUT2D eigenvalue weighted by Gasteiger charge is 2.20. The summed E-state index contributed by atoms with van der Waals surface area (Å²) in [7, 11) is 1.36. The van der Waals surface area contributed by atoms with Gasteiger partial charge < -0.3 is 14.2 Å². The van der Waals surface area contributed by atoms with E-state index in [2.05, 4.69) is 4.90 Å². The molecule has 0 aromatic heterocycles. The number of benzene rings is 1. The van der Waals surface area contributed by atoms with E-state index < -0.39 is 5.60 Å². The van der Waals surface area contributed by atoms with Crippen LogP contribution >= 0.6 is 0 Å². The lowest BCUT2D eigenvalue weighted by Gasteiger charge is -2.27. The Morgan fingerprint density at radius 2 is 1.84 bits per heavy atom. The van der Waals surface area contributed by atoms with Gasteiger partial charge >= 0.3 is 11.9 Å². The first-order chi connectivity index (χ1) is 11.8. The molecule has 1 aromatic rings. The predicted octanol–water partition coefficient (Wildman–Crippen LogP) is 2.19. The Morgan fingerprint density at radius 3 is 2.44 bits per heavy atom. The molecule has 0 atom stereocenters. The van der Waals surface area contributed by atoms with Crippen molar-refractivity contribution in [3.63, 3.8) is 0 Å². The smallest absolute Gasteiger partial charge is 0.337 e. The third-order valence-corrected chi connectivity index (χ3v) is 3.88. The molecule has 1 aliphatic rings. The molecule has 1 aliphatic heterocycles. The summed E-state index contributed by atoms with van der Waals surface area (Å²) in [6.45, 7) is 9.24. The molecule has 1 fully saturated rings. The largest absolute Gasteiger partial charge is 0.465 e. The molecule has 6 heteroatoms. The van der Waals surface area contributed by atoms with Crippen LogP contribution in [0.3, 0.4) is 0 Å². The fourth-order valence-electron chi connectivity index (χ4n) is 2.72. The Bertz CT molecular complexity index is 615. The highest BCUT2D eigenvalue weighted by atomic mass is 16.6. The molecule has 0 unspecified atom stereocenters. The molecule has 0 N–H and O–H groups in total. The van der Waals surface area contributed by atoms with Gasteiger partial charge in [-0.1, -0.05) is 6.07 Å². The van der Waals surface area contributed by atoms with Gasteiger partial charge in [0.1, 0.15) is 5.60 Å². The van der Waals surface area contributed by atoms with Crippen LogP contribution in [-0.4, -0.2) is 55.9 Å². The number of rotatable bonds is 5. The first-order valence-electron chi connectivity index (χ1n) is 8.50. The fourth-order valence-corrected chi connectivity index (χ4v) is 2.72. The Balaban J connectivity index is 2.20. The molecule has 0 aliphatic carbocycles. The van der Waals surface area contributed by atoms with E-state index in [0.29, 0.717) is 25.3 Å². The number of morpholine rings is 1. The minimum absolute atomic E-state index is 0.179. The molecular weight excluding hydrogens is 322 g/mol. The first-order valence-corrected chi connectivity index (χ1v) is 8.50. The van der Waals surface area contributed by atoms with Gasteiger partial charge in [0.2, 0.25) is 0 Å². The molecule has 138 valence electrons. The molecule has 6 nitrogen and oxygen atoms in total. The molecule has 1 saturated heterocycles. The molecule has 25 heavy (non-hydrogen) atoms. The van der Waals surface area contributed by atoms with Crippen LogP contribution in [0.5, 0.6) is 0 Å². The van der Waals surface area contributed by atoms with E-state index in [-0.39, 0.29) is 18.4 Å². The zero-order valence-electron chi connectivity index (χ0n) is 15.5. The van der Waals surface area contributed by atoms with E-state index in [9.17, 15) is 9.59 Å². The molecule has 0 saturated carbocycles. The zero-order valence-corrected chi connectivity index (χ0v) is 15.5. The topological polar surface area (TPSA) is 65.1 Å². The Kier molecular flexibility index (Phi) is 6.56. The second-order valence-electron chi connectivity index (χ2n) is 7.13. The molecule has 0 spiro atoms. The van der Waals surface area contributed by atoms with Gasteiger partial charge in [-0.25, -0.2) is 4.79 Å². The number of carbonyl (C=O) groups is 2. The maximum Gasteiger partial charge on any atom is 0.337 e. The lowest BCUT2D eigenvalue weighted by molar-refractivity contribution is -0.153. The minimum Gasteiger partial charge on any atom is -0.465 e. The maximum atomic E-state index is 12.2. The highest BCUT2D eigenvalue weighted by molar-refractivity contribution is 5.89. The SMILES string of the molecule is COC(=O)c1ccc(CC(=O)OC(C)(C)C)c(CN2CCOCC2)c1. The zero-order chi connectivity index (χ0) is 18.4. The normalized spacial score (nSPS) is 15.7. The standard InChI is InChI=1S/C19H27NO5/c1-19(2,3)25-17(21)12-14-5-6-15(18(22)23-4)11-16(14)13-20-7-9-24-10-8-20/h5-6,11H,7-10,12-13H2,1-4H3. The van der Waals surface area contributed by atoms with Gasteiger partial charge in [-0.15, -0.1) is 0 Å². The van der Waals surface area contributed by atoms with E-state index >= 15 is 0 Å². The second kappa shape index (κ2) is 8.45. The van der Waals surface area contributed by atoms with Crippen LogP contribution in [0.2, 0.25) is 0 Å². The number of esters is 2. The lowest BCUT2D eigenvalue weighted by atomic mass is 10.0. The van der Waals surface area contributed by atoms with E-state index in [0.717, 1.165) is 24.2 Å². The van der Waals surface area contributed by atoms with Crippen molar-refractivity contribution in [1.82, 2.24) is 4.90 Å². The van der Waals surface area contributed by atoms with Crippen LogP contribution in [0.1, 0.15) is 42.3 Å². The van der Waals surface area contributed by atoms with E-state index in [4.69, 9.17) is 14.2 Å². The molecule has 0 amide bonds. The van der Waals surface area contributed by atoms with Crippen molar-refractivity contribution in [1.29, 1.82) is 0 Å². The number of ether oxygens (including phenoxy) is 3. The summed E-state index contributed by atoms with van der Waals surface area (Å²) >= 11 is 0. The minimum atomic E-state index is -0.520. The van der Waals surface area contributed by atoms with Gasteiger partial charge in [-0.3, -0.25) is 9.69 Å². The van der Waals surface area contributed by atoms with Gasteiger partial charge in [0.25, 0.3) is 0 Å². The first kappa shape index (κ1) is 19.4. The van der Waals surface area contributed by atoms with Crippen molar-refractivity contribution >= 4 is 11.9 Å². The van der Waals surface area contributed by atoms with E-state index in [1.807, 2.05) is 26.8 Å². The van der Waals surface area contributed by atoms with Gasteiger partial charge in [-0.2, -0.15) is 0 Å². The Hall–Kier alpha value is -1.92. The lowest BCUT2D eigenvalue weighted by Crippen LogP contribution is -2.36. The highest BCUT2D eigenvalue weighted by Crippen LogP contribution is 2.19. The van der Waals surface area contributed by atoms with Crippen molar-refractivity contribution in [2.24, 2.45) is 0 Å². The van der Waals surface area contributed by atoms with Crippen LogP contribution < -0.4 is 0 Å². The van der Waals surface area contributed by atoms with Gasteiger partial charge in [0.15, 0.2) is 0 Å². The Morgan fingerprint density at radius 1 is 1.16 bits per heavy atom. The quantitative estimate of drug-likeness (QED) is 0.759. The molecule has 2 rings (SSSR count). The summed E-state index contributed by atoms with van der Waals surface area (Å²) in [5, 5.41) is 0. The fraction of sp³-hybridized carbons (Fsp3) is 0.579. The molecular formula is C19H27NO5. The van der Waals surface area contributed by atoms with Crippen molar-refractivity contribution in [2.75, 3.05) is 33.4 Å². The summed E-state index contributed by atoms with van der Waals surface area (Å²) in [5.74, 6) is -0.659. The van der Waals surface area contributed by atoms with Crippen LogP contribution in [0.4, 0.5) is 0 Å². The molecule has 1 heterocycles. The summed E-state index contributed by atoms with van der Waals surface area (Å²) in [4.78, 5) is 26.3. The predicted molar refractivity (Wildman–Crippen MR) is 93.4 cm³/mol. The number of nitrogens with zero attached hydrogens (tertiary/aromatic N) is 1. The maximum absolute atomic E-state index is 12.2. The number of methoxy groups -OCH3 is 1. The summed E-state index contributed by atoms with van der Waals surface area (Å²) in [5.41, 5.74) is 1.77. The molecule has 0 bridgehead atoms. The molecule has 1 aromatic carbocycles. The van der Waals surface area contributed by atoms with E-state index in [1.54, 1.807) is 12.1 Å². The van der Waals surface area contributed by atoms with Crippen molar-refractivity contribution in [3.8, 4) is 0 Å².